The molecular formula is C26H39BrN8O5. The number of rotatable bonds is 12. The fraction of sp³-hybridized carbons (Fsp3) is 0.615. The number of unbranched alkanes of at least 4 members (excludes halogenated alkanes) is 6. The molecule has 0 fully saturated rings. The molecule has 220 valence electrons. The van der Waals surface area contributed by atoms with E-state index in [1.807, 2.05) is 4.57 Å². The van der Waals surface area contributed by atoms with Gasteiger partial charge in [-0.25, -0.2) is 19.6 Å². The fourth-order valence-corrected chi connectivity index (χ4v) is 5.01. The maximum atomic E-state index is 12.2. The Morgan fingerprint density at radius 3 is 1.43 bits per heavy atom. The summed E-state index contributed by atoms with van der Waals surface area (Å²) in [4.78, 5) is 56.4. The lowest BCUT2D eigenvalue weighted by Gasteiger charge is -2.06. The minimum atomic E-state index is -0.365. The predicted octanol–water partition coefficient (Wildman–Crippen LogP) is 1.38. The molecule has 0 radical (unpaired) electrons. The third-order valence-electron chi connectivity index (χ3n) is 7.02. The number of hydrogen-bond acceptors (Lipinski definition) is 7. The van der Waals surface area contributed by atoms with Crippen molar-refractivity contribution in [2.75, 3.05) is 11.9 Å². The van der Waals surface area contributed by atoms with Crippen molar-refractivity contribution >= 4 is 38.3 Å². The molecule has 0 saturated carbocycles. The number of hydrogen-bond donors (Lipinski definition) is 1. The van der Waals surface area contributed by atoms with Gasteiger partial charge in [-0.15, -0.1) is 0 Å². The zero-order chi connectivity index (χ0) is 29.4. The minimum Gasteiger partial charge on any atom is -0.396 e. The molecule has 0 aliphatic rings. The summed E-state index contributed by atoms with van der Waals surface area (Å²) >= 11 is 3.41. The van der Waals surface area contributed by atoms with Crippen molar-refractivity contribution in [2.45, 2.75) is 64.5 Å². The van der Waals surface area contributed by atoms with Crippen LogP contribution in [0.5, 0.6) is 0 Å². The van der Waals surface area contributed by atoms with Gasteiger partial charge in [-0.1, -0.05) is 41.6 Å². The van der Waals surface area contributed by atoms with Crippen LogP contribution in [-0.4, -0.2) is 54.4 Å². The van der Waals surface area contributed by atoms with Crippen LogP contribution >= 0.6 is 15.9 Å². The fourth-order valence-electron chi connectivity index (χ4n) is 4.61. The molecule has 13 nitrogen and oxygen atoms in total. The van der Waals surface area contributed by atoms with Crippen LogP contribution in [0.3, 0.4) is 0 Å². The average molecular weight is 624 g/mol. The van der Waals surface area contributed by atoms with Gasteiger partial charge in [-0.2, -0.15) is 0 Å². The van der Waals surface area contributed by atoms with E-state index in [-0.39, 0.29) is 29.1 Å². The van der Waals surface area contributed by atoms with E-state index >= 15 is 0 Å². The molecule has 0 aromatic carbocycles. The van der Waals surface area contributed by atoms with Crippen LogP contribution in [0.15, 0.2) is 31.8 Å². The van der Waals surface area contributed by atoms with Crippen LogP contribution in [-0.2, 0) is 41.3 Å². The Hall–Kier alpha value is -3.26. The Balaban J connectivity index is 0.000000220. The van der Waals surface area contributed by atoms with Gasteiger partial charge in [0.15, 0.2) is 22.3 Å². The highest BCUT2D eigenvalue weighted by Crippen LogP contribution is 2.10. The van der Waals surface area contributed by atoms with Crippen molar-refractivity contribution in [1.29, 1.82) is 0 Å². The monoisotopic (exact) mass is 622 g/mol. The second kappa shape index (κ2) is 14.4. The van der Waals surface area contributed by atoms with Gasteiger partial charge in [0.2, 0.25) is 0 Å². The summed E-state index contributed by atoms with van der Waals surface area (Å²) in [6.07, 6.45) is 11.4. The summed E-state index contributed by atoms with van der Waals surface area (Å²) in [7, 11) is 6.22. The number of nitrogens with zero attached hydrogens (tertiary/aromatic N) is 8. The Morgan fingerprint density at radius 1 is 0.625 bits per heavy atom. The summed E-state index contributed by atoms with van der Waals surface area (Å²) in [5.74, 6) is 0. The van der Waals surface area contributed by atoms with Gasteiger partial charge in [0.25, 0.3) is 11.1 Å². The number of fused-ring (bicyclic) bond motifs is 2. The highest BCUT2D eigenvalue weighted by molar-refractivity contribution is 9.09. The van der Waals surface area contributed by atoms with E-state index in [1.165, 1.54) is 36.1 Å². The Morgan fingerprint density at radius 2 is 1.02 bits per heavy atom. The largest absolute Gasteiger partial charge is 0.396 e. The number of halogens is 1. The first-order chi connectivity index (χ1) is 19.1. The molecule has 40 heavy (non-hydrogen) atoms. The van der Waals surface area contributed by atoms with Crippen molar-refractivity contribution in [1.82, 2.24) is 37.4 Å². The molecule has 0 aliphatic carbocycles. The third-order valence-corrected chi connectivity index (χ3v) is 7.58. The summed E-state index contributed by atoms with van der Waals surface area (Å²) in [5, 5.41) is 9.75. The van der Waals surface area contributed by atoms with Gasteiger partial charge >= 0.3 is 11.4 Å². The molecule has 0 saturated heterocycles. The zero-order valence-corrected chi connectivity index (χ0v) is 25.3. The number of aromatic nitrogens is 8. The van der Waals surface area contributed by atoms with E-state index in [0.717, 1.165) is 59.5 Å². The van der Waals surface area contributed by atoms with Crippen LogP contribution in [0, 0.1) is 0 Å². The molecule has 0 aliphatic heterocycles. The first kappa shape index (κ1) is 31.3. The van der Waals surface area contributed by atoms with Crippen LogP contribution in [0.1, 0.15) is 51.4 Å². The van der Waals surface area contributed by atoms with Crippen molar-refractivity contribution in [3.05, 3.63) is 54.3 Å². The molecule has 1 N–H and O–H groups in total. The molecular weight excluding hydrogens is 584 g/mol. The van der Waals surface area contributed by atoms with Crippen molar-refractivity contribution < 1.29 is 5.11 Å². The third kappa shape index (κ3) is 6.72. The van der Waals surface area contributed by atoms with E-state index in [4.69, 9.17) is 5.11 Å². The summed E-state index contributed by atoms with van der Waals surface area (Å²) in [6, 6.07) is 0. The van der Waals surface area contributed by atoms with Gasteiger partial charge in [-0.3, -0.25) is 27.9 Å². The lowest BCUT2D eigenvalue weighted by Crippen LogP contribution is -2.37. The quantitative estimate of drug-likeness (QED) is 0.186. The summed E-state index contributed by atoms with van der Waals surface area (Å²) < 4.78 is 8.69. The Kier molecular flexibility index (Phi) is 11.3. The highest BCUT2D eigenvalue weighted by Gasteiger charge is 2.15. The van der Waals surface area contributed by atoms with Crippen molar-refractivity contribution in [3.63, 3.8) is 0 Å². The average Bonchev–Trinajstić information content (AvgIpc) is 3.58. The molecule has 0 spiro atoms. The van der Waals surface area contributed by atoms with Crippen molar-refractivity contribution in [3.8, 4) is 0 Å². The first-order valence-electron chi connectivity index (χ1n) is 13.5. The summed E-state index contributed by atoms with van der Waals surface area (Å²) in [5.41, 5.74) is 0.566. The molecule has 14 heteroatoms. The van der Waals surface area contributed by atoms with Crippen LogP contribution < -0.4 is 22.5 Å². The second-order valence-corrected chi connectivity index (χ2v) is 10.7. The number of aryl methyl sites for hydroxylation is 4. The normalized spacial score (nSPS) is 11.3. The molecule has 4 aromatic rings. The molecule has 4 rings (SSSR count). The van der Waals surface area contributed by atoms with Gasteiger partial charge in [-0.05, 0) is 25.7 Å². The molecule has 4 aromatic heterocycles. The Labute approximate surface area is 239 Å². The van der Waals surface area contributed by atoms with Crippen LogP contribution in [0.4, 0.5) is 0 Å². The second-order valence-electron chi connectivity index (χ2n) is 9.87. The smallest absolute Gasteiger partial charge is 0.332 e. The predicted molar refractivity (Wildman–Crippen MR) is 158 cm³/mol. The first-order valence-corrected chi connectivity index (χ1v) is 14.7. The molecule has 0 unspecified atom stereocenters. The number of imidazole rings is 2. The maximum Gasteiger partial charge on any atom is 0.332 e. The summed E-state index contributed by atoms with van der Waals surface area (Å²) in [6.45, 7) is 1.66. The van der Waals surface area contributed by atoms with E-state index in [9.17, 15) is 19.2 Å². The van der Waals surface area contributed by atoms with Gasteiger partial charge in [0.05, 0.1) is 12.7 Å². The number of aliphatic hydroxyl groups excluding tert-OH is 1. The van der Waals surface area contributed by atoms with E-state index in [1.54, 1.807) is 31.3 Å². The molecule has 4 heterocycles. The minimum absolute atomic E-state index is 0.219. The van der Waals surface area contributed by atoms with Gasteiger partial charge < -0.3 is 14.2 Å². The molecule has 0 atom stereocenters. The number of alkyl halides is 1. The van der Waals surface area contributed by atoms with E-state index in [2.05, 4.69) is 25.9 Å². The maximum absolute atomic E-state index is 12.2. The standard InChI is InChI=1S/C13H19BrN4O2.C13H20N4O3/c1-16-11-10(12(19)17(2)13(16)20)18(9-15-11)8-6-4-3-5-7-14;1-15-11-10(12(19)16(2)13(15)20)17(9-14-11)7-5-3-4-6-8-18/h9H,3-8H2,1-2H3;9,18H,3-8H2,1-2H3. The van der Waals surface area contributed by atoms with Crippen molar-refractivity contribution in [2.24, 2.45) is 28.2 Å². The molecule has 0 bridgehead atoms. The molecule has 0 amide bonds. The topological polar surface area (TPSA) is 144 Å². The van der Waals surface area contributed by atoms with Gasteiger partial charge in [0.1, 0.15) is 0 Å². The van der Waals surface area contributed by atoms with Crippen LogP contribution in [0.2, 0.25) is 0 Å². The van der Waals surface area contributed by atoms with Gasteiger partial charge in [0, 0.05) is 53.2 Å². The lowest BCUT2D eigenvalue weighted by molar-refractivity contribution is 0.282. The van der Waals surface area contributed by atoms with E-state index in [0.29, 0.717) is 28.9 Å². The number of aliphatic hydroxyl groups is 1. The van der Waals surface area contributed by atoms with E-state index < -0.39 is 0 Å². The highest BCUT2D eigenvalue weighted by atomic mass is 79.9. The Bertz CT molecular complexity index is 1550. The zero-order valence-electron chi connectivity index (χ0n) is 23.7. The lowest BCUT2D eigenvalue weighted by atomic mass is 10.2. The SMILES string of the molecule is Cn1c(=O)c2c(ncn2CCCCCCBr)n(C)c1=O.Cn1c(=O)c2c(ncn2CCCCCCO)n(C)c1=O. The van der Waals surface area contributed by atoms with Crippen LogP contribution in [0.25, 0.3) is 22.3 Å².